The Morgan fingerprint density at radius 1 is 1.32 bits per heavy atom. The van der Waals surface area contributed by atoms with Crippen LogP contribution in [0.5, 0.6) is 0 Å². The average molecular weight is 266 g/mol. The number of aromatic nitrogens is 1. The summed E-state index contributed by atoms with van der Waals surface area (Å²) in [5, 5.41) is 26.3. The molecule has 0 radical (unpaired) electrons. The third kappa shape index (κ3) is 3.54. The van der Waals surface area contributed by atoms with Gasteiger partial charge in [0.2, 0.25) is 0 Å². The number of nitrogens with one attached hydrogen (secondary N) is 2. The summed E-state index contributed by atoms with van der Waals surface area (Å²) < 4.78 is 0. The lowest BCUT2D eigenvalue weighted by Crippen LogP contribution is -2.28. The Bertz CT molecular complexity index is 458. The molecule has 0 amide bonds. The van der Waals surface area contributed by atoms with Crippen LogP contribution >= 0.6 is 0 Å². The van der Waals surface area contributed by atoms with Gasteiger partial charge in [-0.3, -0.25) is 10.1 Å². The van der Waals surface area contributed by atoms with E-state index in [-0.39, 0.29) is 17.8 Å². The van der Waals surface area contributed by atoms with Gasteiger partial charge in [-0.25, -0.2) is 4.98 Å². The number of hydrogen-bond acceptors (Lipinski definition) is 6. The molecular formula is C12H18N4O3. The molecule has 1 aromatic heterocycles. The number of pyridine rings is 1. The Labute approximate surface area is 111 Å². The molecular weight excluding hydrogens is 248 g/mol. The fourth-order valence-electron chi connectivity index (χ4n) is 2.25. The molecule has 7 heteroatoms. The van der Waals surface area contributed by atoms with Crippen molar-refractivity contribution in [2.45, 2.75) is 37.8 Å². The van der Waals surface area contributed by atoms with Crippen molar-refractivity contribution in [1.82, 2.24) is 4.98 Å². The van der Waals surface area contributed by atoms with Crippen molar-refractivity contribution in [3.05, 3.63) is 22.2 Å². The van der Waals surface area contributed by atoms with Gasteiger partial charge in [0.05, 0.1) is 23.2 Å². The Morgan fingerprint density at radius 2 is 1.95 bits per heavy atom. The molecule has 104 valence electrons. The van der Waals surface area contributed by atoms with Crippen LogP contribution < -0.4 is 10.6 Å². The Morgan fingerprint density at radius 3 is 2.53 bits per heavy atom. The topological polar surface area (TPSA) is 100 Å². The average Bonchev–Trinajstić information content (AvgIpc) is 2.41. The number of rotatable bonds is 4. The minimum absolute atomic E-state index is 0.0118. The second-order valence-corrected chi connectivity index (χ2v) is 4.75. The van der Waals surface area contributed by atoms with Gasteiger partial charge in [-0.2, -0.15) is 0 Å². The molecule has 1 aliphatic rings. The minimum Gasteiger partial charge on any atom is -0.393 e. The smallest absolute Gasteiger partial charge is 0.276 e. The van der Waals surface area contributed by atoms with Gasteiger partial charge in [-0.15, -0.1) is 0 Å². The zero-order chi connectivity index (χ0) is 13.8. The second-order valence-electron chi connectivity index (χ2n) is 4.75. The SMILES string of the molecule is CNc1cc([N+](=O)[O-])cc(NC2CCC(O)CC2)n1. The van der Waals surface area contributed by atoms with Crippen LogP contribution in [0.3, 0.4) is 0 Å². The lowest BCUT2D eigenvalue weighted by Gasteiger charge is -2.26. The van der Waals surface area contributed by atoms with E-state index in [0.29, 0.717) is 11.6 Å². The molecule has 1 saturated carbocycles. The zero-order valence-corrected chi connectivity index (χ0v) is 10.8. The van der Waals surface area contributed by atoms with Crippen LogP contribution in [0.15, 0.2) is 12.1 Å². The maximum absolute atomic E-state index is 10.8. The summed E-state index contributed by atoms with van der Waals surface area (Å²) in [6, 6.07) is 3.05. The third-order valence-electron chi connectivity index (χ3n) is 3.33. The number of anilines is 2. The van der Waals surface area contributed by atoms with Crippen molar-refractivity contribution >= 4 is 17.3 Å². The fourth-order valence-corrected chi connectivity index (χ4v) is 2.25. The molecule has 3 N–H and O–H groups in total. The molecule has 0 spiro atoms. The van der Waals surface area contributed by atoms with Crippen molar-refractivity contribution in [3.63, 3.8) is 0 Å². The monoisotopic (exact) mass is 266 g/mol. The molecule has 0 saturated heterocycles. The minimum atomic E-state index is -0.432. The summed E-state index contributed by atoms with van der Waals surface area (Å²) >= 11 is 0. The molecule has 0 atom stereocenters. The number of hydrogen-bond donors (Lipinski definition) is 3. The highest BCUT2D eigenvalue weighted by molar-refractivity contribution is 5.54. The second kappa shape index (κ2) is 5.83. The molecule has 1 aliphatic carbocycles. The summed E-state index contributed by atoms with van der Waals surface area (Å²) in [4.78, 5) is 14.7. The molecule has 19 heavy (non-hydrogen) atoms. The number of nitrogens with zero attached hydrogens (tertiary/aromatic N) is 2. The quantitative estimate of drug-likeness (QED) is 0.567. The van der Waals surface area contributed by atoms with E-state index in [1.807, 2.05) is 0 Å². The van der Waals surface area contributed by atoms with E-state index >= 15 is 0 Å². The van der Waals surface area contributed by atoms with Crippen molar-refractivity contribution in [3.8, 4) is 0 Å². The van der Waals surface area contributed by atoms with Gasteiger partial charge in [0.15, 0.2) is 0 Å². The Kier molecular flexibility index (Phi) is 4.16. The zero-order valence-electron chi connectivity index (χ0n) is 10.8. The molecule has 1 aromatic rings. The summed E-state index contributed by atoms with van der Waals surface area (Å²) in [6.07, 6.45) is 2.99. The highest BCUT2D eigenvalue weighted by Gasteiger charge is 2.20. The van der Waals surface area contributed by atoms with Crippen LogP contribution in [-0.4, -0.2) is 34.2 Å². The molecule has 0 aliphatic heterocycles. The van der Waals surface area contributed by atoms with Crippen molar-refractivity contribution in [1.29, 1.82) is 0 Å². The van der Waals surface area contributed by atoms with Crippen molar-refractivity contribution < 1.29 is 10.0 Å². The number of aliphatic hydroxyl groups is 1. The number of aliphatic hydroxyl groups excluding tert-OH is 1. The van der Waals surface area contributed by atoms with E-state index in [1.54, 1.807) is 7.05 Å². The van der Waals surface area contributed by atoms with Crippen LogP contribution in [0.2, 0.25) is 0 Å². The van der Waals surface area contributed by atoms with Gasteiger partial charge in [-0.05, 0) is 25.7 Å². The first-order valence-electron chi connectivity index (χ1n) is 6.37. The van der Waals surface area contributed by atoms with Gasteiger partial charge < -0.3 is 15.7 Å². The lowest BCUT2D eigenvalue weighted by molar-refractivity contribution is -0.384. The van der Waals surface area contributed by atoms with Crippen LogP contribution in [0.4, 0.5) is 17.3 Å². The highest BCUT2D eigenvalue weighted by atomic mass is 16.6. The van der Waals surface area contributed by atoms with Crippen LogP contribution in [0, 0.1) is 10.1 Å². The van der Waals surface area contributed by atoms with Gasteiger partial charge in [0.25, 0.3) is 5.69 Å². The number of nitro groups is 1. The van der Waals surface area contributed by atoms with E-state index in [4.69, 9.17) is 0 Å². The summed E-state index contributed by atoms with van der Waals surface area (Å²) in [5.41, 5.74) is 0.0118. The first-order chi connectivity index (χ1) is 9.08. The third-order valence-corrected chi connectivity index (χ3v) is 3.33. The van der Waals surface area contributed by atoms with Crippen molar-refractivity contribution in [2.24, 2.45) is 0 Å². The lowest BCUT2D eigenvalue weighted by atomic mass is 9.93. The maximum Gasteiger partial charge on any atom is 0.276 e. The van der Waals surface area contributed by atoms with Gasteiger partial charge >= 0.3 is 0 Å². The molecule has 7 nitrogen and oxygen atoms in total. The molecule has 1 fully saturated rings. The van der Waals surface area contributed by atoms with Crippen molar-refractivity contribution in [2.75, 3.05) is 17.7 Å². The molecule has 0 aromatic carbocycles. The van der Waals surface area contributed by atoms with Gasteiger partial charge in [0, 0.05) is 13.1 Å². The molecule has 0 unspecified atom stereocenters. The van der Waals surface area contributed by atoms with Crippen LogP contribution in [-0.2, 0) is 0 Å². The largest absolute Gasteiger partial charge is 0.393 e. The highest BCUT2D eigenvalue weighted by Crippen LogP contribution is 2.25. The molecule has 2 rings (SSSR count). The Balaban J connectivity index is 2.10. The summed E-state index contributed by atoms with van der Waals surface area (Å²) in [6.45, 7) is 0. The summed E-state index contributed by atoms with van der Waals surface area (Å²) in [5.74, 6) is 0.965. The van der Waals surface area contributed by atoms with E-state index in [1.165, 1.54) is 12.1 Å². The van der Waals surface area contributed by atoms with E-state index < -0.39 is 4.92 Å². The van der Waals surface area contributed by atoms with E-state index in [0.717, 1.165) is 25.7 Å². The van der Waals surface area contributed by atoms with Gasteiger partial charge in [-0.1, -0.05) is 0 Å². The van der Waals surface area contributed by atoms with Crippen LogP contribution in [0.25, 0.3) is 0 Å². The predicted octanol–water partition coefficient (Wildman–Crippen LogP) is 1.75. The van der Waals surface area contributed by atoms with Gasteiger partial charge in [0.1, 0.15) is 11.6 Å². The normalized spacial score (nSPS) is 22.8. The first kappa shape index (κ1) is 13.5. The first-order valence-corrected chi connectivity index (χ1v) is 6.37. The summed E-state index contributed by atoms with van der Waals surface area (Å²) in [7, 11) is 1.67. The van der Waals surface area contributed by atoms with Crippen LogP contribution in [0.1, 0.15) is 25.7 Å². The predicted molar refractivity (Wildman–Crippen MR) is 72.3 cm³/mol. The molecule has 0 bridgehead atoms. The van der Waals surface area contributed by atoms with E-state index in [9.17, 15) is 15.2 Å². The standard InChI is InChI=1S/C12H18N4O3/c1-13-11-6-9(16(18)19)7-12(15-11)14-8-2-4-10(17)5-3-8/h6-8,10,17H,2-5H2,1H3,(H2,13,14,15). The van der Waals surface area contributed by atoms with E-state index in [2.05, 4.69) is 15.6 Å². The fraction of sp³-hybridized carbons (Fsp3) is 0.583. The maximum atomic E-state index is 10.8. The Hall–Kier alpha value is -1.89. The molecule has 1 heterocycles.